The highest BCUT2D eigenvalue weighted by molar-refractivity contribution is 7.89. The van der Waals surface area contributed by atoms with Crippen molar-refractivity contribution in [2.75, 3.05) is 26.2 Å². The van der Waals surface area contributed by atoms with Crippen molar-refractivity contribution < 1.29 is 8.42 Å². The molecule has 0 radical (unpaired) electrons. The molecule has 1 aliphatic heterocycles. The summed E-state index contributed by atoms with van der Waals surface area (Å²) in [6.07, 6.45) is 0. The van der Waals surface area contributed by atoms with Gasteiger partial charge in [0.25, 0.3) is 0 Å². The van der Waals surface area contributed by atoms with Gasteiger partial charge in [0.15, 0.2) is 0 Å². The minimum Gasteiger partial charge on any atom is -0.294 e. The van der Waals surface area contributed by atoms with Crippen LogP contribution in [0.5, 0.6) is 0 Å². The molecule has 1 saturated heterocycles. The topological polar surface area (TPSA) is 40.6 Å². The van der Waals surface area contributed by atoms with Gasteiger partial charge in [-0.05, 0) is 35.7 Å². The quantitative estimate of drug-likeness (QED) is 0.630. The molecule has 0 amide bonds. The Kier molecular flexibility index (Phi) is 5.81. The van der Waals surface area contributed by atoms with E-state index in [2.05, 4.69) is 24.0 Å². The number of hydrogen-bond acceptors (Lipinski definition) is 3. The van der Waals surface area contributed by atoms with E-state index in [0.29, 0.717) is 18.0 Å². The van der Waals surface area contributed by atoms with E-state index < -0.39 is 10.0 Å². The molecule has 150 valence electrons. The maximum atomic E-state index is 13.1. The summed E-state index contributed by atoms with van der Waals surface area (Å²) in [6.45, 7) is 4.68. The van der Waals surface area contributed by atoms with Gasteiger partial charge in [-0.2, -0.15) is 4.31 Å². The van der Waals surface area contributed by atoms with Gasteiger partial charge in [-0.1, -0.05) is 72.8 Å². The first-order valence-electron chi connectivity index (χ1n) is 10.0. The Morgan fingerprint density at radius 3 is 1.79 bits per heavy atom. The Morgan fingerprint density at radius 1 is 0.690 bits per heavy atom. The summed E-state index contributed by atoms with van der Waals surface area (Å²) >= 11 is 0. The summed E-state index contributed by atoms with van der Waals surface area (Å²) in [5.41, 5.74) is 3.37. The fraction of sp³-hybridized carbons (Fsp3) is 0.250. The van der Waals surface area contributed by atoms with Gasteiger partial charge in [-0.3, -0.25) is 4.90 Å². The van der Waals surface area contributed by atoms with Crippen LogP contribution < -0.4 is 0 Å². The summed E-state index contributed by atoms with van der Waals surface area (Å²) in [7, 11) is -3.47. The molecule has 3 aromatic carbocycles. The lowest BCUT2D eigenvalue weighted by Gasteiger charge is -2.37. The highest BCUT2D eigenvalue weighted by atomic mass is 32.2. The highest BCUT2D eigenvalue weighted by Crippen LogP contribution is 2.26. The monoisotopic (exact) mass is 406 g/mol. The van der Waals surface area contributed by atoms with Crippen LogP contribution in [-0.4, -0.2) is 43.8 Å². The minimum atomic E-state index is -3.47. The van der Waals surface area contributed by atoms with Crippen LogP contribution in [0.25, 0.3) is 11.1 Å². The first kappa shape index (κ1) is 19.8. The lowest BCUT2D eigenvalue weighted by Crippen LogP contribution is -2.49. The minimum absolute atomic E-state index is 0.284. The Morgan fingerprint density at radius 2 is 1.21 bits per heavy atom. The third kappa shape index (κ3) is 4.27. The molecular formula is C24H26N2O2S. The molecule has 1 heterocycles. The highest BCUT2D eigenvalue weighted by Gasteiger charge is 2.30. The Balaban J connectivity index is 1.44. The van der Waals surface area contributed by atoms with Crippen LogP contribution >= 0.6 is 0 Å². The van der Waals surface area contributed by atoms with Gasteiger partial charge in [-0.15, -0.1) is 0 Å². The third-order valence-electron chi connectivity index (χ3n) is 5.70. The summed E-state index contributed by atoms with van der Waals surface area (Å²) < 4.78 is 27.8. The van der Waals surface area contributed by atoms with Crippen LogP contribution in [0.3, 0.4) is 0 Å². The van der Waals surface area contributed by atoms with Crippen molar-refractivity contribution >= 4 is 10.0 Å². The molecule has 4 rings (SSSR count). The van der Waals surface area contributed by atoms with Crippen LogP contribution in [0.2, 0.25) is 0 Å². The van der Waals surface area contributed by atoms with E-state index in [1.54, 1.807) is 16.4 Å². The smallest absolute Gasteiger partial charge is 0.243 e. The van der Waals surface area contributed by atoms with Crippen molar-refractivity contribution in [3.63, 3.8) is 0 Å². The average molecular weight is 407 g/mol. The molecular weight excluding hydrogens is 380 g/mol. The van der Waals surface area contributed by atoms with Gasteiger partial charge in [0, 0.05) is 32.2 Å². The molecule has 29 heavy (non-hydrogen) atoms. The van der Waals surface area contributed by atoms with Crippen LogP contribution in [0, 0.1) is 0 Å². The maximum absolute atomic E-state index is 13.1. The molecule has 1 unspecified atom stereocenters. The molecule has 0 N–H and O–H groups in total. The molecule has 0 aliphatic carbocycles. The molecule has 4 nitrogen and oxygen atoms in total. The number of piperazine rings is 1. The average Bonchev–Trinajstić information content (AvgIpc) is 2.80. The second-order valence-electron chi connectivity index (χ2n) is 7.42. The van der Waals surface area contributed by atoms with E-state index in [4.69, 9.17) is 0 Å². The fourth-order valence-corrected chi connectivity index (χ4v) is 5.29. The lowest BCUT2D eigenvalue weighted by atomic mass is 10.1. The summed E-state index contributed by atoms with van der Waals surface area (Å²) in [6, 6.07) is 27.8. The Hall–Kier alpha value is -2.47. The van der Waals surface area contributed by atoms with Crippen molar-refractivity contribution in [2.45, 2.75) is 17.9 Å². The van der Waals surface area contributed by atoms with Crippen molar-refractivity contribution in [1.82, 2.24) is 9.21 Å². The van der Waals surface area contributed by atoms with E-state index in [0.717, 1.165) is 24.2 Å². The second kappa shape index (κ2) is 8.49. The molecule has 1 aliphatic rings. The molecule has 3 aromatic rings. The van der Waals surface area contributed by atoms with Crippen molar-refractivity contribution in [2.24, 2.45) is 0 Å². The Labute approximate surface area is 173 Å². The SMILES string of the molecule is CC(c1ccccc1)N1CCN(S(=O)(=O)c2ccc(-c3ccccc3)cc2)CC1. The first-order chi connectivity index (χ1) is 14.1. The summed E-state index contributed by atoms with van der Waals surface area (Å²) in [4.78, 5) is 2.71. The largest absolute Gasteiger partial charge is 0.294 e. The van der Waals surface area contributed by atoms with Crippen LogP contribution in [0.1, 0.15) is 18.5 Å². The van der Waals surface area contributed by atoms with Crippen LogP contribution in [-0.2, 0) is 10.0 Å². The van der Waals surface area contributed by atoms with Gasteiger partial charge >= 0.3 is 0 Å². The third-order valence-corrected chi connectivity index (χ3v) is 7.62. The van der Waals surface area contributed by atoms with E-state index in [9.17, 15) is 8.42 Å². The van der Waals surface area contributed by atoms with E-state index in [1.807, 2.05) is 60.7 Å². The van der Waals surface area contributed by atoms with Gasteiger partial charge in [0.05, 0.1) is 4.90 Å². The van der Waals surface area contributed by atoms with Gasteiger partial charge in [-0.25, -0.2) is 8.42 Å². The zero-order valence-electron chi connectivity index (χ0n) is 16.6. The number of nitrogens with zero attached hydrogens (tertiary/aromatic N) is 2. The predicted molar refractivity (Wildman–Crippen MR) is 117 cm³/mol. The summed E-state index contributed by atoms with van der Waals surface area (Å²) in [5.74, 6) is 0. The zero-order valence-corrected chi connectivity index (χ0v) is 17.4. The van der Waals surface area contributed by atoms with Gasteiger partial charge in [0.2, 0.25) is 10.0 Å². The summed E-state index contributed by atoms with van der Waals surface area (Å²) in [5, 5.41) is 0. The zero-order chi connectivity index (χ0) is 20.3. The molecule has 5 heteroatoms. The Bertz CT molecular complexity index is 1030. The molecule has 1 atom stereocenters. The lowest BCUT2D eigenvalue weighted by molar-refractivity contribution is 0.146. The van der Waals surface area contributed by atoms with E-state index >= 15 is 0 Å². The van der Waals surface area contributed by atoms with Gasteiger partial charge in [0.1, 0.15) is 0 Å². The van der Waals surface area contributed by atoms with Crippen LogP contribution in [0.4, 0.5) is 0 Å². The molecule has 0 aromatic heterocycles. The van der Waals surface area contributed by atoms with Gasteiger partial charge < -0.3 is 0 Å². The van der Waals surface area contributed by atoms with Crippen molar-refractivity contribution in [1.29, 1.82) is 0 Å². The molecule has 0 bridgehead atoms. The first-order valence-corrected chi connectivity index (χ1v) is 11.4. The standard InChI is InChI=1S/C24H26N2O2S/c1-20(21-8-4-2-5-9-21)25-16-18-26(19-17-25)29(27,28)24-14-12-23(13-15-24)22-10-6-3-7-11-22/h2-15,20H,16-19H2,1H3. The number of hydrogen-bond donors (Lipinski definition) is 0. The van der Waals surface area contributed by atoms with Crippen molar-refractivity contribution in [3.05, 3.63) is 90.5 Å². The van der Waals surface area contributed by atoms with E-state index in [-0.39, 0.29) is 6.04 Å². The molecule has 0 spiro atoms. The number of benzene rings is 3. The van der Waals surface area contributed by atoms with Crippen LogP contribution in [0.15, 0.2) is 89.8 Å². The maximum Gasteiger partial charge on any atom is 0.243 e. The normalized spacial score (nSPS) is 17.1. The number of sulfonamides is 1. The fourth-order valence-electron chi connectivity index (χ4n) is 3.87. The molecule has 1 fully saturated rings. The van der Waals surface area contributed by atoms with Crippen molar-refractivity contribution in [3.8, 4) is 11.1 Å². The predicted octanol–water partition coefficient (Wildman–Crippen LogP) is 4.42. The molecule has 0 saturated carbocycles. The van der Waals surface area contributed by atoms with E-state index in [1.165, 1.54) is 5.56 Å². The second-order valence-corrected chi connectivity index (χ2v) is 9.36. The number of rotatable bonds is 5.